The fourth-order valence-electron chi connectivity index (χ4n) is 3.13. The summed E-state index contributed by atoms with van der Waals surface area (Å²) < 4.78 is 11.3. The smallest absolute Gasteiger partial charge is 0.271 e. The minimum atomic E-state index is -0.311. The van der Waals surface area contributed by atoms with Gasteiger partial charge >= 0.3 is 0 Å². The highest BCUT2D eigenvalue weighted by Crippen LogP contribution is 2.28. The van der Waals surface area contributed by atoms with E-state index in [2.05, 4.69) is 15.8 Å². The van der Waals surface area contributed by atoms with Crippen molar-refractivity contribution in [1.82, 2.24) is 5.43 Å². The number of hydrazone groups is 1. The number of ether oxygens (including phenoxy) is 2. The molecule has 3 aromatic rings. The summed E-state index contributed by atoms with van der Waals surface area (Å²) in [6.45, 7) is 4.10. The Labute approximate surface area is 205 Å². The standard InChI is InChI=1S/C27H30N4O4/c1-5-34-25-15-20(17-28-30-27(33)21-7-6-8-23(16-21)31(3)4)11-14-24(25)35-18-26(32)29-22-12-9-19(2)10-13-22/h6-17H,5,18H2,1-4H3,(H,29,32)(H,30,33)/b28-17-. The van der Waals surface area contributed by atoms with Crippen LogP contribution in [0.15, 0.2) is 71.8 Å². The highest BCUT2D eigenvalue weighted by Gasteiger charge is 2.10. The second-order valence-electron chi connectivity index (χ2n) is 7.99. The Balaban J connectivity index is 1.60. The van der Waals surface area contributed by atoms with Crippen molar-refractivity contribution in [2.24, 2.45) is 5.10 Å². The summed E-state index contributed by atoms with van der Waals surface area (Å²) in [6.07, 6.45) is 1.52. The highest BCUT2D eigenvalue weighted by atomic mass is 16.5. The molecule has 0 radical (unpaired) electrons. The molecule has 2 N–H and O–H groups in total. The van der Waals surface area contributed by atoms with E-state index in [9.17, 15) is 9.59 Å². The van der Waals surface area contributed by atoms with Gasteiger partial charge in [0.1, 0.15) is 0 Å². The van der Waals surface area contributed by atoms with Crippen LogP contribution >= 0.6 is 0 Å². The van der Waals surface area contributed by atoms with Gasteiger partial charge in [0, 0.05) is 31.0 Å². The molecular formula is C27H30N4O4. The normalized spacial score (nSPS) is 10.6. The van der Waals surface area contributed by atoms with E-state index in [0.717, 1.165) is 11.3 Å². The Morgan fingerprint density at radius 1 is 0.971 bits per heavy atom. The molecule has 3 aromatic carbocycles. The minimum absolute atomic E-state index is 0.163. The van der Waals surface area contributed by atoms with Crippen LogP contribution in [0.3, 0.4) is 0 Å². The lowest BCUT2D eigenvalue weighted by Gasteiger charge is -2.13. The third-order valence-electron chi connectivity index (χ3n) is 4.97. The van der Waals surface area contributed by atoms with Gasteiger partial charge in [-0.15, -0.1) is 0 Å². The van der Waals surface area contributed by atoms with Gasteiger partial charge in [-0.1, -0.05) is 23.8 Å². The Hall–Kier alpha value is -4.33. The fraction of sp³-hybridized carbons (Fsp3) is 0.222. The maximum Gasteiger partial charge on any atom is 0.271 e. The van der Waals surface area contributed by atoms with Gasteiger partial charge in [0.15, 0.2) is 18.1 Å². The number of amides is 2. The average molecular weight is 475 g/mol. The largest absolute Gasteiger partial charge is 0.490 e. The van der Waals surface area contributed by atoms with E-state index in [4.69, 9.17) is 9.47 Å². The minimum Gasteiger partial charge on any atom is -0.490 e. The molecule has 0 bridgehead atoms. The predicted octanol–water partition coefficient (Wildman–Crippen LogP) is 4.24. The molecule has 0 saturated heterocycles. The van der Waals surface area contributed by atoms with E-state index >= 15 is 0 Å². The third kappa shape index (κ3) is 7.60. The number of nitrogens with zero attached hydrogens (tertiary/aromatic N) is 2. The molecular weight excluding hydrogens is 444 g/mol. The molecule has 2 amide bonds. The van der Waals surface area contributed by atoms with E-state index < -0.39 is 0 Å². The van der Waals surface area contributed by atoms with Crippen LogP contribution < -0.4 is 25.1 Å². The van der Waals surface area contributed by atoms with Crippen molar-refractivity contribution in [3.05, 3.63) is 83.4 Å². The molecule has 0 spiro atoms. The highest BCUT2D eigenvalue weighted by molar-refractivity contribution is 5.96. The molecule has 8 nitrogen and oxygen atoms in total. The number of hydrogen-bond acceptors (Lipinski definition) is 6. The van der Waals surface area contributed by atoms with E-state index in [0.29, 0.717) is 34.9 Å². The quantitative estimate of drug-likeness (QED) is 0.339. The number of anilines is 2. The summed E-state index contributed by atoms with van der Waals surface area (Å²) in [7, 11) is 3.82. The number of carbonyl (C=O) groups excluding carboxylic acids is 2. The van der Waals surface area contributed by atoms with Crippen LogP contribution in [0.4, 0.5) is 11.4 Å². The average Bonchev–Trinajstić information content (AvgIpc) is 2.85. The summed E-state index contributed by atoms with van der Waals surface area (Å²) in [6, 6.07) is 20.0. The third-order valence-corrected chi connectivity index (χ3v) is 4.97. The lowest BCUT2D eigenvalue weighted by Crippen LogP contribution is -2.20. The Bertz CT molecular complexity index is 1190. The van der Waals surface area contributed by atoms with Crippen molar-refractivity contribution >= 4 is 29.4 Å². The Morgan fingerprint density at radius 3 is 2.46 bits per heavy atom. The molecule has 0 atom stereocenters. The van der Waals surface area contributed by atoms with Crippen LogP contribution in [0.25, 0.3) is 0 Å². The number of hydrogen-bond donors (Lipinski definition) is 2. The lowest BCUT2D eigenvalue weighted by molar-refractivity contribution is -0.118. The zero-order valence-electron chi connectivity index (χ0n) is 20.4. The first kappa shape index (κ1) is 25.3. The molecule has 0 aromatic heterocycles. The van der Waals surface area contributed by atoms with Crippen LogP contribution in [0, 0.1) is 6.92 Å². The molecule has 182 valence electrons. The summed E-state index contributed by atoms with van der Waals surface area (Å²) in [5.74, 6) is 0.328. The fourth-order valence-corrected chi connectivity index (χ4v) is 3.13. The number of aryl methyl sites for hydroxylation is 1. The van der Waals surface area contributed by atoms with Crippen LogP contribution in [-0.4, -0.2) is 45.3 Å². The maximum absolute atomic E-state index is 12.4. The van der Waals surface area contributed by atoms with Crippen molar-refractivity contribution in [3.63, 3.8) is 0 Å². The molecule has 8 heteroatoms. The molecule has 0 aliphatic rings. The zero-order chi connectivity index (χ0) is 25.2. The molecule has 0 heterocycles. The summed E-state index contributed by atoms with van der Waals surface area (Å²) in [4.78, 5) is 26.6. The van der Waals surface area contributed by atoms with Crippen molar-refractivity contribution in [1.29, 1.82) is 0 Å². The van der Waals surface area contributed by atoms with Crippen molar-refractivity contribution in [2.45, 2.75) is 13.8 Å². The first-order chi connectivity index (χ1) is 16.9. The number of rotatable bonds is 10. The predicted molar refractivity (Wildman–Crippen MR) is 139 cm³/mol. The number of carbonyl (C=O) groups is 2. The van der Waals surface area contributed by atoms with Gasteiger partial charge in [-0.05, 0) is 67.9 Å². The lowest BCUT2D eigenvalue weighted by atomic mass is 10.2. The first-order valence-electron chi connectivity index (χ1n) is 11.2. The zero-order valence-corrected chi connectivity index (χ0v) is 20.4. The molecule has 0 unspecified atom stereocenters. The van der Waals surface area contributed by atoms with Gasteiger partial charge < -0.3 is 19.7 Å². The molecule has 3 rings (SSSR count). The van der Waals surface area contributed by atoms with Crippen LogP contribution in [0.1, 0.15) is 28.4 Å². The van der Waals surface area contributed by atoms with Gasteiger partial charge in [-0.25, -0.2) is 5.43 Å². The summed E-state index contributed by atoms with van der Waals surface area (Å²) in [5, 5.41) is 6.85. The SMILES string of the molecule is CCOc1cc(/C=N\NC(=O)c2cccc(N(C)C)c2)ccc1OCC(=O)Nc1ccc(C)cc1. The van der Waals surface area contributed by atoms with Crippen molar-refractivity contribution in [3.8, 4) is 11.5 Å². The van der Waals surface area contributed by atoms with Gasteiger partial charge in [0.25, 0.3) is 11.8 Å². The van der Waals surface area contributed by atoms with E-state index in [1.807, 2.05) is 69.2 Å². The van der Waals surface area contributed by atoms with E-state index in [1.165, 1.54) is 6.21 Å². The molecule has 0 fully saturated rings. The molecule has 35 heavy (non-hydrogen) atoms. The van der Waals surface area contributed by atoms with Gasteiger partial charge in [-0.2, -0.15) is 5.10 Å². The van der Waals surface area contributed by atoms with Crippen LogP contribution in [-0.2, 0) is 4.79 Å². The Morgan fingerprint density at radius 2 is 1.74 bits per heavy atom. The monoisotopic (exact) mass is 474 g/mol. The van der Waals surface area contributed by atoms with Crippen LogP contribution in [0.2, 0.25) is 0 Å². The van der Waals surface area contributed by atoms with E-state index in [1.54, 1.807) is 30.3 Å². The van der Waals surface area contributed by atoms with Gasteiger partial charge in [0.2, 0.25) is 0 Å². The molecule has 0 aliphatic heterocycles. The molecule has 0 saturated carbocycles. The number of benzene rings is 3. The second-order valence-corrected chi connectivity index (χ2v) is 7.99. The summed E-state index contributed by atoms with van der Waals surface area (Å²) >= 11 is 0. The maximum atomic E-state index is 12.4. The first-order valence-corrected chi connectivity index (χ1v) is 11.2. The van der Waals surface area contributed by atoms with Gasteiger partial charge in [-0.3, -0.25) is 9.59 Å². The van der Waals surface area contributed by atoms with Crippen molar-refractivity contribution < 1.29 is 19.1 Å². The topological polar surface area (TPSA) is 92.3 Å². The Kier molecular flexibility index (Phi) is 8.83. The van der Waals surface area contributed by atoms with E-state index in [-0.39, 0.29) is 18.4 Å². The van der Waals surface area contributed by atoms with Gasteiger partial charge in [0.05, 0.1) is 12.8 Å². The van der Waals surface area contributed by atoms with Crippen molar-refractivity contribution in [2.75, 3.05) is 37.5 Å². The second kappa shape index (κ2) is 12.2. The number of nitrogens with one attached hydrogen (secondary N) is 2. The summed E-state index contributed by atoms with van der Waals surface area (Å²) in [5.41, 5.74) is 6.49. The van der Waals surface area contributed by atoms with Crippen LogP contribution in [0.5, 0.6) is 11.5 Å². The molecule has 0 aliphatic carbocycles.